The van der Waals surface area contributed by atoms with Crippen molar-refractivity contribution in [2.45, 2.75) is 59.3 Å². The molecule has 0 bridgehead atoms. The van der Waals surface area contributed by atoms with Crippen LogP contribution in [0.15, 0.2) is 34.6 Å². The molecular formula is C16H23O. The second kappa shape index (κ2) is 5.57. The molecule has 0 atom stereocenters. The second-order valence-electron chi connectivity index (χ2n) is 4.85. The first-order chi connectivity index (χ1) is 8.31. The molecule has 1 aliphatic carbocycles. The van der Waals surface area contributed by atoms with E-state index in [0.29, 0.717) is 0 Å². The Morgan fingerprint density at radius 1 is 0.882 bits per heavy atom. The van der Waals surface area contributed by atoms with Gasteiger partial charge in [-0.2, -0.15) is 0 Å². The Balaban J connectivity index is 2.25. The van der Waals surface area contributed by atoms with E-state index in [1.807, 2.05) is 0 Å². The van der Waals surface area contributed by atoms with E-state index in [1.54, 1.807) is 0 Å². The summed E-state index contributed by atoms with van der Waals surface area (Å²) in [4.78, 5) is 0. The van der Waals surface area contributed by atoms with E-state index < -0.39 is 0 Å². The van der Waals surface area contributed by atoms with Gasteiger partial charge in [-0.1, -0.05) is 46.1 Å². The Kier molecular flexibility index (Phi) is 4.09. The number of hydrogen-bond donors (Lipinski definition) is 0. The van der Waals surface area contributed by atoms with Gasteiger partial charge in [-0.25, -0.2) is 0 Å². The SMILES string of the molecule is CCC[C]1OC2=CC=C(CCC)C2=C1CCC. The number of ether oxygens (including phenoxy) is 1. The highest BCUT2D eigenvalue weighted by Crippen LogP contribution is 2.46. The lowest BCUT2D eigenvalue weighted by molar-refractivity contribution is 0.254. The summed E-state index contributed by atoms with van der Waals surface area (Å²) >= 11 is 0. The number of allylic oxidation sites excluding steroid dienone is 3. The molecule has 0 aromatic rings. The van der Waals surface area contributed by atoms with Crippen LogP contribution in [0.4, 0.5) is 0 Å². The molecule has 0 aromatic heterocycles. The average Bonchev–Trinajstić information content (AvgIpc) is 2.83. The van der Waals surface area contributed by atoms with E-state index in [9.17, 15) is 0 Å². The van der Waals surface area contributed by atoms with Crippen LogP contribution in [0.2, 0.25) is 0 Å². The highest BCUT2D eigenvalue weighted by molar-refractivity contribution is 5.60. The fourth-order valence-corrected chi connectivity index (χ4v) is 2.68. The van der Waals surface area contributed by atoms with Crippen LogP contribution in [0.1, 0.15) is 59.3 Å². The van der Waals surface area contributed by atoms with Crippen LogP contribution >= 0.6 is 0 Å². The molecular weight excluding hydrogens is 208 g/mol. The van der Waals surface area contributed by atoms with Crippen LogP contribution in [0.3, 0.4) is 0 Å². The minimum absolute atomic E-state index is 1.08. The molecule has 0 N–H and O–H groups in total. The lowest BCUT2D eigenvalue weighted by atomic mass is 9.93. The van der Waals surface area contributed by atoms with Crippen molar-refractivity contribution in [3.63, 3.8) is 0 Å². The Hall–Kier alpha value is -0.980. The second-order valence-corrected chi connectivity index (χ2v) is 4.85. The largest absolute Gasteiger partial charge is 0.478 e. The first kappa shape index (κ1) is 12.5. The van der Waals surface area contributed by atoms with Gasteiger partial charge in [-0.05, 0) is 36.5 Å². The third-order valence-corrected chi connectivity index (χ3v) is 3.37. The van der Waals surface area contributed by atoms with Crippen molar-refractivity contribution in [2.24, 2.45) is 0 Å². The number of hydrogen-bond acceptors (Lipinski definition) is 1. The van der Waals surface area contributed by atoms with E-state index in [2.05, 4.69) is 32.9 Å². The van der Waals surface area contributed by atoms with Gasteiger partial charge >= 0.3 is 0 Å². The van der Waals surface area contributed by atoms with Gasteiger partial charge in [0.15, 0.2) is 6.10 Å². The van der Waals surface area contributed by atoms with Crippen molar-refractivity contribution in [2.75, 3.05) is 0 Å². The Morgan fingerprint density at radius 3 is 2.24 bits per heavy atom. The standard InChI is InChI=1S/C16H23O/c1-4-7-12-10-11-15-16(12)13(8-5-2)14(17-15)9-6-3/h10-11H,4-9H2,1-3H3. The van der Waals surface area contributed by atoms with Crippen LogP contribution in [0.25, 0.3) is 0 Å². The maximum Gasteiger partial charge on any atom is 0.174 e. The van der Waals surface area contributed by atoms with E-state index in [1.165, 1.54) is 42.1 Å². The third-order valence-electron chi connectivity index (χ3n) is 3.37. The summed E-state index contributed by atoms with van der Waals surface area (Å²) in [5.74, 6) is 1.11. The molecule has 1 heteroatoms. The summed E-state index contributed by atoms with van der Waals surface area (Å²) in [6.45, 7) is 6.71. The van der Waals surface area contributed by atoms with Crippen molar-refractivity contribution in [1.82, 2.24) is 0 Å². The quantitative estimate of drug-likeness (QED) is 0.620. The molecule has 0 aromatic carbocycles. The lowest BCUT2D eigenvalue weighted by Crippen LogP contribution is -1.99. The molecule has 0 saturated carbocycles. The van der Waals surface area contributed by atoms with E-state index in [4.69, 9.17) is 4.74 Å². The molecule has 1 radical (unpaired) electrons. The predicted octanol–water partition coefficient (Wildman–Crippen LogP) is 5.07. The van der Waals surface area contributed by atoms with Crippen molar-refractivity contribution in [3.8, 4) is 0 Å². The van der Waals surface area contributed by atoms with Gasteiger partial charge in [-0.3, -0.25) is 0 Å². The zero-order valence-corrected chi connectivity index (χ0v) is 11.3. The molecule has 1 heterocycles. The predicted molar refractivity (Wildman–Crippen MR) is 72.2 cm³/mol. The third kappa shape index (κ3) is 2.34. The van der Waals surface area contributed by atoms with Gasteiger partial charge in [0.05, 0.1) is 0 Å². The zero-order chi connectivity index (χ0) is 12.3. The normalized spacial score (nSPS) is 19.2. The van der Waals surface area contributed by atoms with Gasteiger partial charge in [0.1, 0.15) is 5.76 Å². The topological polar surface area (TPSA) is 9.23 Å². The van der Waals surface area contributed by atoms with Crippen LogP contribution in [0, 0.1) is 6.10 Å². The van der Waals surface area contributed by atoms with Gasteiger partial charge < -0.3 is 4.74 Å². The first-order valence-corrected chi connectivity index (χ1v) is 7.00. The summed E-state index contributed by atoms with van der Waals surface area (Å²) in [7, 11) is 0. The Bertz CT molecular complexity index is 371. The van der Waals surface area contributed by atoms with Crippen molar-refractivity contribution >= 4 is 0 Å². The van der Waals surface area contributed by atoms with Crippen LogP contribution in [-0.4, -0.2) is 0 Å². The van der Waals surface area contributed by atoms with Gasteiger partial charge in [0.2, 0.25) is 0 Å². The molecule has 0 unspecified atom stereocenters. The molecule has 93 valence electrons. The first-order valence-electron chi connectivity index (χ1n) is 7.00. The van der Waals surface area contributed by atoms with E-state index in [-0.39, 0.29) is 0 Å². The Morgan fingerprint density at radius 2 is 1.59 bits per heavy atom. The highest BCUT2D eigenvalue weighted by atomic mass is 16.5. The monoisotopic (exact) mass is 231 g/mol. The number of rotatable bonds is 6. The smallest absolute Gasteiger partial charge is 0.174 e. The van der Waals surface area contributed by atoms with Gasteiger partial charge in [-0.15, -0.1) is 0 Å². The Labute approximate surface area is 105 Å². The molecule has 0 fully saturated rings. The van der Waals surface area contributed by atoms with Crippen LogP contribution in [-0.2, 0) is 4.74 Å². The van der Waals surface area contributed by atoms with E-state index >= 15 is 0 Å². The van der Waals surface area contributed by atoms with Crippen molar-refractivity contribution < 1.29 is 4.74 Å². The summed E-state index contributed by atoms with van der Waals surface area (Å²) in [5, 5.41) is 0. The fraction of sp³-hybridized carbons (Fsp3) is 0.562. The summed E-state index contributed by atoms with van der Waals surface area (Å²) in [5.41, 5.74) is 4.40. The van der Waals surface area contributed by atoms with Crippen LogP contribution in [0.5, 0.6) is 0 Å². The molecule has 1 nitrogen and oxygen atoms in total. The van der Waals surface area contributed by atoms with Gasteiger partial charge in [0.25, 0.3) is 0 Å². The zero-order valence-electron chi connectivity index (χ0n) is 11.3. The van der Waals surface area contributed by atoms with Crippen molar-refractivity contribution in [1.29, 1.82) is 0 Å². The number of fused-ring (bicyclic) bond motifs is 1. The fourth-order valence-electron chi connectivity index (χ4n) is 2.68. The summed E-state index contributed by atoms with van der Waals surface area (Å²) in [6.07, 6.45) is 12.6. The van der Waals surface area contributed by atoms with Gasteiger partial charge in [0, 0.05) is 5.57 Å². The highest BCUT2D eigenvalue weighted by Gasteiger charge is 2.34. The molecule has 2 rings (SSSR count). The summed E-state index contributed by atoms with van der Waals surface area (Å²) in [6, 6.07) is 0. The minimum Gasteiger partial charge on any atom is -0.478 e. The molecule has 1 aliphatic heterocycles. The van der Waals surface area contributed by atoms with Crippen LogP contribution < -0.4 is 0 Å². The molecule has 0 amide bonds. The molecule has 2 aliphatic rings. The molecule has 0 spiro atoms. The minimum atomic E-state index is 1.08. The lowest BCUT2D eigenvalue weighted by Gasteiger charge is -2.12. The van der Waals surface area contributed by atoms with Crippen molar-refractivity contribution in [3.05, 3.63) is 40.7 Å². The molecule has 17 heavy (non-hydrogen) atoms. The van der Waals surface area contributed by atoms with E-state index in [0.717, 1.165) is 25.0 Å². The molecule has 0 saturated heterocycles. The maximum atomic E-state index is 6.02. The maximum absolute atomic E-state index is 6.02. The average molecular weight is 231 g/mol. The summed E-state index contributed by atoms with van der Waals surface area (Å²) < 4.78 is 6.02.